The van der Waals surface area contributed by atoms with Crippen LogP contribution in [0.25, 0.3) is 57.2 Å². The van der Waals surface area contributed by atoms with Crippen LogP contribution < -0.4 is 10.7 Å². The molecule has 0 saturated carbocycles. The first-order valence-electron chi connectivity index (χ1n) is 12.0. The molecule has 1 atom stereocenters. The number of benzene rings is 3. The highest BCUT2D eigenvalue weighted by Gasteiger charge is 2.12. The van der Waals surface area contributed by atoms with Gasteiger partial charge < -0.3 is 4.57 Å². The van der Waals surface area contributed by atoms with Crippen LogP contribution in [0, 0.1) is 0 Å². The van der Waals surface area contributed by atoms with Gasteiger partial charge in [0, 0.05) is 16.1 Å². The van der Waals surface area contributed by atoms with Gasteiger partial charge in [-0.25, -0.2) is 0 Å². The van der Waals surface area contributed by atoms with E-state index in [1.165, 1.54) is 27.5 Å². The van der Waals surface area contributed by atoms with E-state index < -0.39 is 0 Å². The summed E-state index contributed by atoms with van der Waals surface area (Å²) in [6, 6.07) is 17.3. The van der Waals surface area contributed by atoms with Crippen molar-refractivity contribution < 1.29 is 0 Å². The van der Waals surface area contributed by atoms with Crippen LogP contribution >= 0.6 is 0 Å². The van der Waals surface area contributed by atoms with Crippen molar-refractivity contribution in [1.29, 1.82) is 0 Å². The predicted molar refractivity (Wildman–Crippen MR) is 158 cm³/mol. The minimum Gasteiger partial charge on any atom is -0.328 e. The van der Waals surface area contributed by atoms with E-state index in [2.05, 4.69) is 130 Å². The number of fused-ring (bicyclic) bond motifs is 2. The van der Waals surface area contributed by atoms with Gasteiger partial charge >= 0.3 is 0 Å². The van der Waals surface area contributed by atoms with Gasteiger partial charge in [-0.05, 0) is 66.8 Å². The molecule has 0 saturated heterocycles. The van der Waals surface area contributed by atoms with Crippen LogP contribution in [0.1, 0.15) is 56.0 Å². The van der Waals surface area contributed by atoms with E-state index in [1.54, 1.807) is 0 Å². The number of aromatic nitrogens is 1. The maximum atomic E-state index is 4.40. The Labute approximate surface area is 208 Å². The molecule has 0 aliphatic carbocycles. The van der Waals surface area contributed by atoms with Crippen LogP contribution in [-0.2, 0) is 0 Å². The third-order valence-corrected chi connectivity index (χ3v) is 6.62. The lowest BCUT2D eigenvalue weighted by atomic mass is 9.90. The molecule has 0 amide bonds. The normalized spacial score (nSPS) is 12.6. The summed E-state index contributed by atoms with van der Waals surface area (Å²) in [7, 11) is 0. The molecule has 1 heteroatoms. The monoisotopic (exact) mass is 455 g/mol. The van der Waals surface area contributed by atoms with Gasteiger partial charge in [-0.2, -0.15) is 0 Å². The van der Waals surface area contributed by atoms with Gasteiger partial charge in [-0.1, -0.05) is 104 Å². The first-order valence-corrected chi connectivity index (χ1v) is 12.0. The SMILES string of the molecule is C=C=c1c2cc(/C=C/C)ccc2c(=C)n1C(C)/C=C/c1ccc(C(=C)C)c2c(C(=C)C)cccc12. The summed E-state index contributed by atoms with van der Waals surface area (Å²) < 4.78 is 2.22. The van der Waals surface area contributed by atoms with Gasteiger partial charge in [0.05, 0.1) is 11.4 Å². The average Bonchev–Trinajstić information content (AvgIpc) is 3.12. The molecule has 1 heterocycles. The molecule has 1 nitrogen and oxygen atoms in total. The van der Waals surface area contributed by atoms with Gasteiger partial charge in [0.2, 0.25) is 0 Å². The van der Waals surface area contributed by atoms with E-state index in [9.17, 15) is 0 Å². The summed E-state index contributed by atoms with van der Waals surface area (Å²) >= 11 is 0. The molecule has 0 aliphatic heterocycles. The molecular weight excluding hydrogens is 422 g/mol. The second-order valence-corrected chi connectivity index (χ2v) is 9.24. The number of nitrogens with zero attached hydrogens (tertiary/aromatic N) is 1. The standard InChI is InChI=1S/C34H33N/c1-9-12-26-16-19-30-25(8)35(33(10-2)32(30)21-26)24(7)15-17-27-18-20-29(23(5)6)34-28(22(3)4)13-11-14-31(27)34/h9,11-21,24H,2-3,5,8H2,1,4,6-7H3/b12-9+,17-15+. The maximum Gasteiger partial charge on any atom is 0.0924 e. The van der Waals surface area contributed by atoms with Crippen LogP contribution in [0.2, 0.25) is 0 Å². The lowest BCUT2D eigenvalue weighted by molar-refractivity contribution is 0.638. The van der Waals surface area contributed by atoms with Crippen molar-refractivity contribution in [2.75, 3.05) is 0 Å². The van der Waals surface area contributed by atoms with Crippen LogP contribution in [-0.4, -0.2) is 4.57 Å². The van der Waals surface area contributed by atoms with Gasteiger partial charge in [0.15, 0.2) is 0 Å². The molecular formula is C34H33N. The Morgan fingerprint density at radius 3 is 2.29 bits per heavy atom. The Bertz CT molecular complexity index is 1660. The largest absolute Gasteiger partial charge is 0.328 e. The van der Waals surface area contributed by atoms with Crippen molar-refractivity contribution in [1.82, 2.24) is 4.57 Å². The van der Waals surface area contributed by atoms with Gasteiger partial charge in [-0.3, -0.25) is 0 Å². The fourth-order valence-corrected chi connectivity index (χ4v) is 4.94. The predicted octanol–water partition coefficient (Wildman–Crippen LogP) is 8.14. The number of hydrogen-bond acceptors (Lipinski definition) is 0. The van der Waals surface area contributed by atoms with Gasteiger partial charge in [0.1, 0.15) is 0 Å². The Balaban J connectivity index is 1.86. The van der Waals surface area contributed by atoms with Crippen molar-refractivity contribution in [3.63, 3.8) is 0 Å². The summed E-state index contributed by atoms with van der Waals surface area (Å²) in [5.41, 5.74) is 9.94. The van der Waals surface area contributed by atoms with Crippen molar-refractivity contribution in [3.05, 3.63) is 113 Å². The Kier molecular flexibility index (Phi) is 6.65. The summed E-state index contributed by atoms with van der Waals surface area (Å²) in [5.74, 6) is 0. The highest BCUT2D eigenvalue weighted by molar-refractivity contribution is 6.04. The zero-order valence-electron chi connectivity index (χ0n) is 21.3. The van der Waals surface area contributed by atoms with Crippen LogP contribution in [0.5, 0.6) is 0 Å². The molecule has 0 spiro atoms. The Morgan fingerprint density at radius 2 is 1.63 bits per heavy atom. The minimum absolute atomic E-state index is 0.0736. The lowest BCUT2D eigenvalue weighted by Crippen LogP contribution is -2.27. The van der Waals surface area contributed by atoms with Crippen molar-refractivity contribution in [3.8, 4) is 0 Å². The molecule has 4 rings (SSSR count). The summed E-state index contributed by atoms with van der Waals surface area (Å²) in [4.78, 5) is 0. The van der Waals surface area contributed by atoms with Crippen LogP contribution in [0.3, 0.4) is 0 Å². The third kappa shape index (κ3) is 4.28. The summed E-state index contributed by atoms with van der Waals surface area (Å²) in [6.07, 6.45) is 8.59. The third-order valence-electron chi connectivity index (χ3n) is 6.62. The lowest BCUT2D eigenvalue weighted by Gasteiger charge is -2.15. The second-order valence-electron chi connectivity index (χ2n) is 9.24. The maximum absolute atomic E-state index is 4.40. The molecule has 0 aliphatic rings. The summed E-state index contributed by atoms with van der Waals surface area (Å²) in [6.45, 7) is 25.1. The molecule has 0 bridgehead atoms. The van der Waals surface area contributed by atoms with Crippen LogP contribution in [0.15, 0.2) is 80.4 Å². The van der Waals surface area contributed by atoms with Gasteiger partial charge in [0.25, 0.3) is 0 Å². The van der Waals surface area contributed by atoms with Crippen molar-refractivity contribution in [2.24, 2.45) is 0 Å². The van der Waals surface area contributed by atoms with E-state index in [4.69, 9.17) is 0 Å². The first kappa shape index (κ1) is 24.1. The molecule has 174 valence electrons. The van der Waals surface area contributed by atoms with Crippen LogP contribution in [0.4, 0.5) is 0 Å². The van der Waals surface area contributed by atoms with E-state index >= 15 is 0 Å². The molecule has 0 N–H and O–H groups in total. The number of allylic oxidation sites excluding steroid dienone is 4. The van der Waals surface area contributed by atoms with Crippen molar-refractivity contribution in [2.45, 2.75) is 33.7 Å². The topological polar surface area (TPSA) is 4.93 Å². The van der Waals surface area contributed by atoms with E-state index in [-0.39, 0.29) is 6.04 Å². The molecule has 0 fully saturated rings. The highest BCUT2D eigenvalue weighted by Crippen LogP contribution is 2.33. The van der Waals surface area contributed by atoms with Crippen molar-refractivity contribution >= 4 is 57.2 Å². The van der Waals surface area contributed by atoms with E-state index in [1.807, 2.05) is 6.92 Å². The molecule has 1 unspecified atom stereocenters. The van der Waals surface area contributed by atoms with E-state index in [0.717, 1.165) is 38.2 Å². The molecule has 0 radical (unpaired) electrons. The second kappa shape index (κ2) is 9.66. The summed E-state index contributed by atoms with van der Waals surface area (Å²) in [5, 5.41) is 6.62. The van der Waals surface area contributed by atoms with Gasteiger partial charge in [-0.15, -0.1) is 5.73 Å². The average molecular weight is 456 g/mol. The zero-order chi connectivity index (χ0) is 25.3. The first-order chi connectivity index (χ1) is 16.8. The Hall–Kier alpha value is -4.06. The number of hydrogen-bond donors (Lipinski definition) is 0. The van der Waals surface area contributed by atoms with E-state index in [0.29, 0.717) is 0 Å². The highest BCUT2D eigenvalue weighted by atomic mass is 15.0. The zero-order valence-corrected chi connectivity index (χ0v) is 21.3. The molecule has 1 aromatic heterocycles. The molecule has 35 heavy (non-hydrogen) atoms. The molecule has 4 aromatic rings. The molecule has 3 aromatic carbocycles. The number of rotatable bonds is 6. The fraction of sp³-hybridized carbons (Fsp3) is 0.147. The minimum atomic E-state index is 0.0736. The quantitative estimate of drug-likeness (QED) is 0.276. The smallest absolute Gasteiger partial charge is 0.0924 e. The Morgan fingerprint density at radius 1 is 0.914 bits per heavy atom. The fourth-order valence-electron chi connectivity index (χ4n) is 4.94.